The maximum absolute atomic E-state index is 14.1. The Morgan fingerprint density at radius 3 is 2.16 bits per heavy atom. The quantitative estimate of drug-likeness (QED) is 0.176. The van der Waals surface area contributed by atoms with E-state index in [1.54, 1.807) is 4.90 Å². The average Bonchev–Trinajstić information content (AvgIpc) is 3.66. The largest absolute Gasteiger partial charge is 0.481 e. The predicted octanol–water partition coefficient (Wildman–Crippen LogP) is 9.96. The van der Waals surface area contributed by atoms with Crippen LogP contribution in [0.4, 0.5) is 4.79 Å². The van der Waals surface area contributed by atoms with Crippen molar-refractivity contribution in [2.45, 2.75) is 184 Å². The average molecular weight is 781 g/mol. The maximum Gasteiger partial charge on any atom is 0.410 e. The zero-order valence-electron chi connectivity index (χ0n) is 36.9. The molecule has 56 heavy (non-hydrogen) atoms. The van der Waals surface area contributed by atoms with Crippen molar-refractivity contribution in [2.75, 3.05) is 13.1 Å². The number of likely N-dealkylation sites (tertiary alicyclic amines) is 1. The lowest BCUT2D eigenvalue weighted by Gasteiger charge is -2.73. The van der Waals surface area contributed by atoms with Gasteiger partial charge in [-0.25, -0.2) is 4.79 Å². The van der Waals surface area contributed by atoms with E-state index in [4.69, 9.17) is 9.47 Å². The third-order valence-electron chi connectivity index (χ3n) is 17.4. The van der Waals surface area contributed by atoms with Crippen molar-refractivity contribution in [1.82, 2.24) is 10.2 Å². The third-order valence-corrected chi connectivity index (χ3v) is 17.4. The van der Waals surface area contributed by atoms with E-state index in [0.29, 0.717) is 49.1 Å². The van der Waals surface area contributed by atoms with Crippen LogP contribution in [0.25, 0.3) is 0 Å². The molecule has 6 aliphatic rings. The van der Waals surface area contributed by atoms with Crippen LogP contribution in [-0.2, 0) is 23.9 Å². The maximum atomic E-state index is 14.1. The number of carboxylic acid groups (broad SMARTS) is 1. The molecule has 4 unspecified atom stereocenters. The molecule has 5 saturated carbocycles. The molecule has 11 atom stereocenters. The first-order valence-corrected chi connectivity index (χ1v) is 22.1. The highest BCUT2D eigenvalue weighted by atomic mass is 16.6. The van der Waals surface area contributed by atoms with E-state index >= 15 is 0 Å². The molecule has 1 heterocycles. The van der Waals surface area contributed by atoms with Crippen LogP contribution in [0.2, 0.25) is 0 Å². The highest BCUT2D eigenvalue weighted by molar-refractivity contribution is 5.77. The van der Waals surface area contributed by atoms with Gasteiger partial charge in [0.15, 0.2) is 0 Å². The minimum absolute atomic E-state index is 0.0331. The topological polar surface area (TPSA) is 122 Å². The Labute approximate surface area is 338 Å². The van der Waals surface area contributed by atoms with Gasteiger partial charge in [0.05, 0.1) is 12.8 Å². The molecule has 9 heteroatoms. The molecule has 1 aliphatic heterocycles. The molecule has 6 rings (SSSR count). The van der Waals surface area contributed by atoms with E-state index in [0.717, 1.165) is 57.8 Å². The van der Waals surface area contributed by atoms with Crippen molar-refractivity contribution >= 4 is 23.9 Å². The summed E-state index contributed by atoms with van der Waals surface area (Å²) in [6, 6.07) is -0.0472. The molecule has 6 fully saturated rings. The van der Waals surface area contributed by atoms with E-state index in [1.165, 1.54) is 18.4 Å². The van der Waals surface area contributed by atoms with Gasteiger partial charge >= 0.3 is 18.0 Å². The van der Waals surface area contributed by atoms with Crippen molar-refractivity contribution in [3.63, 3.8) is 0 Å². The Kier molecular flexibility index (Phi) is 11.2. The number of carbonyl (C=O) groups is 4. The normalized spacial score (nSPS) is 40.3. The molecule has 0 spiro atoms. The van der Waals surface area contributed by atoms with Crippen molar-refractivity contribution in [3.8, 4) is 0 Å². The zero-order chi connectivity index (χ0) is 41.4. The van der Waals surface area contributed by atoms with Gasteiger partial charge in [-0.05, 0) is 155 Å². The first-order chi connectivity index (χ1) is 25.8. The molecular weight excluding hydrogens is 705 g/mol. The summed E-state index contributed by atoms with van der Waals surface area (Å²) >= 11 is 0. The van der Waals surface area contributed by atoms with Crippen LogP contribution in [-0.4, -0.2) is 64.8 Å². The molecule has 2 N–H and O–H groups in total. The fraction of sp³-hybridized carbons (Fsp3) is 0.872. The first kappa shape index (κ1) is 43.0. The second kappa shape index (κ2) is 14.6. The lowest BCUT2D eigenvalue weighted by atomic mass is 9.32. The first-order valence-electron chi connectivity index (χ1n) is 22.1. The predicted molar refractivity (Wildman–Crippen MR) is 218 cm³/mol. The van der Waals surface area contributed by atoms with Gasteiger partial charge in [-0.3, -0.25) is 14.4 Å². The Hall–Kier alpha value is -2.58. The van der Waals surface area contributed by atoms with Crippen LogP contribution in [0, 0.1) is 62.1 Å². The third kappa shape index (κ3) is 7.57. The molecule has 316 valence electrons. The standard InChI is InChI=1S/C47H76N2O7/c1-29(2)31-15-21-47(25-36(50)48-30-18-24-49(28-30)40(54)56-41(3,4)5)23-22-45(11)32(39(31)47)13-14-34-44(10)19-17-35(43(8,9)33(44)16-20-46(34,45)12)55-38(53)27-42(6,7)26-37(51)52/h30-35,39H,1,13-28H2,2-12H3,(H,48,50)(H,51,52)/t30-,31-,32+,33?,34?,35?,39?,44-,45+,46+,47+/m0/s1. The number of carbonyl (C=O) groups excluding carboxylic acids is 3. The van der Waals surface area contributed by atoms with Gasteiger partial charge in [0.25, 0.3) is 0 Å². The Morgan fingerprint density at radius 2 is 1.52 bits per heavy atom. The van der Waals surface area contributed by atoms with Crippen LogP contribution in [0.15, 0.2) is 12.2 Å². The number of esters is 1. The summed E-state index contributed by atoms with van der Waals surface area (Å²) in [6.07, 6.45) is 11.8. The summed E-state index contributed by atoms with van der Waals surface area (Å²) < 4.78 is 11.9. The van der Waals surface area contributed by atoms with E-state index in [9.17, 15) is 24.3 Å². The summed E-state index contributed by atoms with van der Waals surface area (Å²) in [5.74, 6) is 1.35. The monoisotopic (exact) mass is 781 g/mol. The smallest absolute Gasteiger partial charge is 0.410 e. The van der Waals surface area contributed by atoms with Crippen LogP contribution >= 0.6 is 0 Å². The molecule has 0 radical (unpaired) electrons. The van der Waals surface area contributed by atoms with Crippen LogP contribution in [0.1, 0.15) is 166 Å². The van der Waals surface area contributed by atoms with Crippen LogP contribution < -0.4 is 5.32 Å². The number of nitrogens with one attached hydrogen (secondary N) is 1. The fourth-order valence-corrected chi connectivity index (χ4v) is 14.8. The van der Waals surface area contributed by atoms with E-state index < -0.39 is 17.0 Å². The van der Waals surface area contributed by atoms with Gasteiger partial charge in [0, 0.05) is 31.0 Å². The Bertz CT molecular complexity index is 1580. The minimum atomic E-state index is -0.892. The molecule has 9 nitrogen and oxygen atoms in total. The van der Waals surface area contributed by atoms with E-state index in [-0.39, 0.29) is 70.0 Å². The number of amides is 2. The number of hydrogen-bond donors (Lipinski definition) is 2. The number of fused-ring (bicyclic) bond motifs is 7. The molecular formula is C47H76N2O7. The second-order valence-corrected chi connectivity index (χ2v) is 23.0. The van der Waals surface area contributed by atoms with Gasteiger partial charge in [0.1, 0.15) is 11.7 Å². The minimum Gasteiger partial charge on any atom is -0.481 e. The van der Waals surface area contributed by atoms with Gasteiger partial charge < -0.3 is 24.8 Å². The van der Waals surface area contributed by atoms with Gasteiger partial charge in [-0.15, -0.1) is 0 Å². The van der Waals surface area contributed by atoms with Crippen LogP contribution in [0.5, 0.6) is 0 Å². The highest BCUT2D eigenvalue weighted by Gasteiger charge is 2.71. The van der Waals surface area contributed by atoms with Gasteiger partial charge in [0.2, 0.25) is 5.91 Å². The van der Waals surface area contributed by atoms with Crippen molar-refractivity contribution in [3.05, 3.63) is 12.2 Å². The number of nitrogens with zero attached hydrogens (tertiary/aromatic N) is 1. The molecule has 0 aromatic carbocycles. The van der Waals surface area contributed by atoms with Crippen molar-refractivity contribution in [1.29, 1.82) is 0 Å². The molecule has 2 amide bonds. The van der Waals surface area contributed by atoms with Crippen molar-refractivity contribution < 1.29 is 33.8 Å². The summed E-state index contributed by atoms with van der Waals surface area (Å²) in [7, 11) is 0. The van der Waals surface area contributed by atoms with E-state index in [1.807, 2.05) is 34.6 Å². The molecule has 5 aliphatic carbocycles. The summed E-state index contributed by atoms with van der Waals surface area (Å²) in [6.45, 7) is 29.7. The Balaban J connectivity index is 1.18. The summed E-state index contributed by atoms with van der Waals surface area (Å²) in [4.78, 5) is 53.2. The van der Waals surface area contributed by atoms with Gasteiger partial charge in [-0.1, -0.05) is 60.6 Å². The SMILES string of the molecule is C=C(C)[C@@H]1CC[C@]2(CC(=O)N[C@H]3CCN(C(=O)OC(C)(C)C)C3)CC[C@]3(C)[C@H](CCC4[C@@]5(C)CCC(OC(=O)CC(C)(C)CC(=O)O)C(C)(C)C5CC[C@]43C)C12. The molecule has 0 aromatic heterocycles. The molecule has 0 aromatic rings. The summed E-state index contributed by atoms with van der Waals surface area (Å²) in [5.41, 5.74) is 0.290. The lowest BCUT2D eigenvalue weighted by molar-refractivity contribution is -0.250. The van der Waals surface area contributed by atoms with Crippen molar-refractivity contribution in [2.24, 2.45) is 62.1 Å². The van der Waals surface area contributed by atoms with E-state index in [2.05, 4.69) is 53.4 Å². The number of hydrogen-bond acceptors (Lipinski definition) is 6. The second-order valence-electron chi connectivity index (χ2n) is 23.0. The zero-order valence-corrected chi connectivity index (χ0v) is 36.9. The van der Waals surface area contributed by atoms with Crippen LogP contribution in [0.3, 0.4) is 0 Å². The molecule has 1 saturated heterocycles. The molecule has 0 bridgehead atoms. The van der Waals surface area contributed by atoms with Gasteiger partial charge in [-0.2, -0.15) is 0 Å². The summed E-state index contributed by atoms with van der Waals surface area (Å²) in [5, 5.41) is 12.7. The fourth-order valence-electron chi connectivity index (χ4n) is 14.8. The highest BCUT2D eigenvalue weighted by Crippen LogP contribution is 2.78. The number of rotatable bonds is 9. The number of allylic oxidation sites excluding steroid dienone is 1. The number of ether oxygens (including phenoxy) is 2. The number of carboxylic acids is 1. The lowest BCUT2D eigenvalue weighted by Crippen LogP contribution is -2.67. The number of aliphatic carboxylic acids is 1. The Morgan fingerprint density at radius 1 is 0.821 bits per heavy atom.